The lowest BCUT2D eigenvalue weighted by atomic mass is 9.88. The van der Waals surface area contributed by atoms with Gasteiger partial charge < -0.3 is 14.9 Å². The van der Waals surface area contributed by atoms with Crippen LogP contribution in [0.25, 0.3) is 0 Å². The largest absolute Gasteiger partial charge is 0.379 e. The van der Waals surface area contributed by atoms with E-state index in [-0.39, 0.29) is 11.3 Å². The SMILES string of the molecule is CCN(CC)CC1(O)CCCN(CC(C)(C)C)C1=O. The molecule has 1 atom stereocenters. The number of piperidine rings is 1. The summed E-state index contributed by atoms with van der Waals surface area (Å²) in [6, 6.07) is 0. The third kappa shape index (κ3) is 4.46. The van der Waals surface area contributed by atoms with Crippen molar-refractivity contribution in [1.82, 2.24) is 9.80 Å². The van der Waals surface area contributed by atoms with E-state index in [2.05, 4.69) is 39.5 Å². The first-order chi connectivity index (χ1) is 8.72. The van der Waals surface area contributed by atoms with Crippen LogP contribution in [0.4, 0.5) is 0 Å². The minimum atomic E-state index is -1.18. The standard InChI is InChI=1S/C15H30N2O2/c1-6-16(7-2)12-15(19)9-8-10-17(13(15)18)11-14(3,4)5/h19H,6-12H2,1-5H3. The van der Waals surface area contributed by atoms with Crippen molar-refractivity contribution < 1.29 is 9.90 Å². The summed E-state index contributed by atoms with van der Waals surface area (Å²) in [5.74, 6) is -0.0828. The van der Waals surface area contributed by atoms with Gasteiger partial charge in [-0.1, -0.05) is 34.6 Å². The Hall–Kier alpha value is -0.610. The molecule has 0 aromatic rings. The molecule has 1 saturated heterocycles. The molecule has 4 heteroatoms. The average Bonchev–Trinajstić information content (AvgIpc) is 2.31. The molecule has 1 rings (SSSR count). The summed E-state index contributed by atoms with van der Waals surface area (Å²) in [6.45, 7) is 14.2. The second-order valence-corrected chi connectivity index (χ2v) is 6.88. The summed E-state index contributed by atoms with van der Waals surface area (Å²) in [5, 5.41) is 10.7. The van der Waals surface area contributed by atoms with Gasteiger partial charge in [-0.3, -0.25) is 4.79 Å². The van der Waals surface area contributed by atoms with Gasteiger partial charge in [0.1, 0.15) is 0 Å². The molecular weight excluding hydrogens is 240 g/mol. The van der Waals surface area contributed by atoms with Gasteiger partial charge >= 0.3 is 0 Å². The molecule has 112 valence electrons. The number of amides is 1. The van der Waals surface area contributed by atoms with Crippen LogP contribution >= 0.6 is 0 Å². The van der Waals surface area contributed by atoms with E-state index < -0.39 is 5.60 Å². The second kappa shape index (κ2) is 6.23. The highest BCUT2D eigenvalue weighted by Gasteiger charge is 2.43. The highest BCUT2D eigenvalue weighted by atomic mass is 16.3. The third-order valence-corrected chi connectivity index (χ3v) is 3.75. The topological polar surface area (TPSA) is 43.8 Å². The summed E-state index contributed by atoms with van der Waals surface area (Å²) in [5.41, 5.74) is -1.11. The fraction of sp³-hybridized carbons (Fsp3) is 0.933. The van der Waals surface area contributed by atoms with Crippen molar-refractivity contribution in [2.24, 2.45) is 5.41 Å². The zero-order valence-corrected chi connectivity index (χ0v) is 13.2. The summed E-state index contributed by atoms with van der Waals surface area (Å²) in [4.78, 5) is 16.5. The van der Waals surface area contributed by atoms with Crippen LogP contribution in [0.5, 0.6) is 0 Å². The van der Waals surface area contributed by atoms with Gasteiger partial charge in [0.15, 0.2) is 5.60 Å². The van der Waals surface area contributed by atoms with E-state index in [1.165, 1.54) is 0 Å². The zero-order chi connectivity index (χ0) is 14.7. The molecule has 1 N–H and O–H groups in total. The number of hydrogen-bond acceptors (Lipinski definition) is 3. The van der Waals surface area contributed by atoms with Crippen LogP contribution in [0, 0.1) is 5.41 Å². The molecular formula is C15H30N2O2. The normalized spacial score (nSPS) is 25.2. The molecule has 0 aromatic carbocycles. The summed E-state index contributed by atoms with van der Waals surface area (Å²) >= 11 is 0. The lowest BCUT2D eigenvalue weighted by Gasteiger charge is -2.42. The third-order valence-electron chi connectivity index (χ3n) is 3.75. The van der Waals surface area contributed by atoms with Crippen LogP contribution in [-0.4, -0.2) is 59.1 Å². The smallest absolute Gasteiger partial charge is 0.255 e. The number of likely N-dealkylation sites (N-methyl/N-ethyl adjacent to an activating group) is 1. The molecule has 0 radical (unpaired) electrons. The first-order valence-corrected chi connectivity index (χ1v) is 7.46. The lowest BCUT2D eigenvalue weighted by molar-refractivity contribution is -0.160. The van der Waals surface area contributed by atoms with E-state index in [1.807, 2.05) is 4.90 Å². The van der Waals surface area contributed by atoms with E-state index >= 15 is 0 Å². The summed E-state index contributed by atoms with van der Waals surface area (Å²) in [7, 11) is 0. The van der Waals surface area contributed by atoms with E-state index in [9.17, 15) is 9.90 Å². The number of likely N-dealkylation sites (tertiary alicyclic amines) is 1. The molecule has 1 aliphatic heterocycles. The van der Waals surface area contributed by atoms with Crippen LogP contribution in [0.3, 0.4) is 0 Å². The number of hydrogen-bond donors (Lipinski definition) is 1. The molecule has 0 saturated carbocycles. The van der Waals surface area contributed by atoms with Crippen LogP contribution in [0.1, 0.15) is 47.5 Å². The molecule has 0 spiro atoms. The number of rotatable bonds is 5. The fourth-order valence-electron chi connectivity index (χ4n) is 2.75. The molecule has 0 aliphatic carbocycles. The second-order valence-electron chi connectivity index (χ2n) is 6.88. The highest BCUT2D eigenvalue weighted by Crippen LogP contribution is 2.27. The zero-order valence-electron chi connectivity index (χ0n) is 13.2. The Morgan fingerprint density at radius 3 is 2.37 bits per heavy atom. The summed E-state index contributed by atoms with van der Waals surface area (Å²) < 4.78 is 0. The van der Waals surface area contributed by atoms with Crippen LogP contribution < -0.4 is 0 Å². The van der Waals surface area contributed by atoms with E-state index in [1.54, 1.807) is 0 Å². The lowest BCUT2D eigenvalue weighted by Crippen LogP contribution is -2.59. The maximum atomic E-state index is 12.5. The van der Waals surface area contributed by atoms with Crippen molar-refractivity contribution in [2.45, 2.75) is 53.1 Å². The maximum absolute atomic E-state index is 12.5. The van der Waals surface area contributed by atoms with E-state index in [4.69, 9.17) is 0 Å². The fourth-order valence-corrected chi connectivity index (χ4v) is 2.75. The van der Waals surface area contributed by atoms with Gasteiger partial charge in [0.05, 0.1) is 0 Å². The molecule has 1 fully saturated rings. The van der Waals surface area contributed by atoms with Gasteiger partial charge in [0.25, 0.3) is 5.91 Å². The van der Waals surface area contributed by atoms with E-state index in [0.717, 1.165) is 26.1 Å². The van der Waals surface area contributed by atoms with Gasteiger partial charge in [-0.2, -0.15) is 0 Å². The molecule has 4 nitrogen and oxygen atoms in total. The molecule has 1 amide bonds. The van der Waals surface area contributed by atoms with Crippen molar-refractivity contribution in [3.63, 3.8) is 0 Å². The van der Waals surface area contributed by atoms with Crippen molar-refractivity contribution in [2.75, 3.05) is 32.7 Å². The van der Waals surface area contributed by atoms with Crippen molar-refractivity contribution in [1.29, 1.82) is 0 Å². The number of nitrogens with zero attached hydrogens (tertiary/aromatic N) is 2. The summed E-state index contributed by atoms with van der Waals surface area (Å²) in [6.07, 6.45) is 1.47. The average molecular weight is 270 g/mol. The number of carbonyl (C=O) groups excluding carboxylic acids is 1. The Kier molecular flexibility index (Phi) is 5.39. The minimum Gasteiger partial charge on any atom is -0.379 e. The monoisotopic (exact) mass is 270 g/mol. The van der Waals surface area contributed by atoms with Crippen molar-refractivity contribution in [3.8, 4) is 0 Å². The Bertz CT molecular complexity index is 308. The van der Waals surface area contributed by atoms with Gasteiger partial charge in [0.2, 0.25) is 0 Å². The number of carbonyl (C=O) groups is 1. The first-order valence-electron chi connectivity index (χ1n) is 7.46. The van der Waals surface area contributed by atoms with Gasteiger partial charge in [0, 0.05) is 19.6 Å². The van der Waals surface area contributed by atoms with Crippen LogP contribution in [0.15, 0.2) is 0 Å². The maximum Gasteiger partial charge on any atom is 0.255 e. The van der Waals surface area contributed by atoms with Crippen LogP contribution in [-0.2, 0) is 4.79 Å². The molecule has 19 heavy (non-hydrogen) atoms. The highest BCUT2D eigenvalue weighted by molar-refractivity contribution is 5.86. The van der Waals surface area contributed by atoms with Gasteiger partial charge in [-0.25, -0.2) is 0 Å². The Morgan fingerprint density at radius 2 is 1.89 bits per heavy atom. The van der Waals surface area contributed by atoms with Crippen molar-refractivity contribution >= 4 is 5.91 Å². The Labute approximate surface area is 117 Å². The minimum absolute atomic E-state index is 0.0725. The van der Waals surface area contributed by atoms with Gasteiger partial charge in [-0.15, -0.1) is 0 Å². The predicted molar refractivity (Wildman–Crippen MR) is 78.0 cm³/mol. The molecule has 0 aromatic heterocycles. The quantitative estimate of drug-likeness (QED) is 0.827. The van der Waals surface area contributed by atoms with E-state index in [0.29, 0.717) is 19.5 Å². The Balaban J connectivity index is 2.76. The molecule has 1 heterocycles. The molecule has 1 aliphatic rings. The molecule has 0 bridgehead atoms. The predicted octanol–water partition coefficient (Wildman–Crippen LogP) is 1.73. The van der Waals surface area contributed by atoms with Crippen molar-refractivity contribution in [3.05, 3.63) is 0 Å². The first kappa shape index (κ1) is 16.4. The van der Waals surface area contributed by atoms with Gasteiger partial charge in [-0.05, 0) is 31.3 Å². The molecule has 1 unspecified atom stereocenters. The van der Waals surface area contributed by atoms with Crippen LogP contribution in [0.2, 0.25) is 0 Å². The Morgan fingerprint density at radius 1 is 1.32 bits per heavy atom. The number of aliphatic hydroxyl groups is 1.